The lowest BCUT2D eigenvalue weighted by Gasteiger charge is -2.19. The highest BCUT2D eigenvalue weighted by Crippen LogP contribution is 2.28. The van der Waals surface area contributed by atoms with E-state index in [1.807, 2.05) is 20.8 Å². The van der Waals surface area contributed by atoms with Crippen LogP contribution in [0.5, 0.6) is 0 Å². The second-order valence-corrected chi connectivity index (χ2v) is 4.86. The molecule has 0 radical (unpaired) electrons. The van der Waals surface area contributed by atoms with Crippen LogP contribution in [0, 0.1) is 11.6 Å². The fraction of sp³-hybridized carbons (Fsp3) is 0.400. The van der Waals surface area contributed by atoms with Crippen LogP contribution in [0.25, 0.3) is 0 Å². The van der Waals surface area contributed by atoms with E-state index in [1.54, 1.807) is 6.07 Å². The molecule has 0 bridgehead atoms. The highest BCUT2D eigenvalue weighted by atomic mass is 79.9. The van der Waals surface area contributed by atoms with Crippen LogP contribution in [0.3, 0.4) is 0 Å². The molecule has 72 valence electrons. The molecule has 0 aromatic heterocycles. The zero-order valence-electron chi connectivity index (χ0n) is 7.79. The standard InChI is InChI=1S/C10H11BrF2/c1-10(2,3)6-4-7(11)9(13)8(12)5-6/h4-5H,1-3H3. The summed E-state index contributed by atoms with van der Waals surface area (Å²) in [5.41, 5.74) is 0.607. The Bertz CT molecular complexity index is 303. The fourth-order valence-corrected chi connectivity index (χ4v) is 1.42. The van der Waals surface area contributed by atoms with Crippen molar-refractivity contribution in [1.82, 2.24) is 0 Å². The van der Waals surface area contributed by atoms with Gasteiger partial charge in [-0.1, -0.05) is 20.8 Å². The summed E-state index contributed by atoms with van der Waals surface area (Å²) < 4.78 is 26.0. The second kappa shape index (κ2) is 3.37. The van der Waals surface area contributed by atoms with Crippen LogP contribution in [0.15, 0.2) is 16.6 Å². The zero-order valence-corrected chi connectivity index (χ0v) is 9.37. The Balaban J connectivity index is 3.29. The summed E-state index contributed by atoms with van der Waals surface area (Å²) in [6, 6.07) is 2.85. The minimum atomic E-state index is -0.826. The largest absolute Gasteiger partial charge is 0.204 e. The van der Waals surface area contributed by atoms with Gasteiger partial charge in [-0.3, -0.25) is 0 Å². The summed E-state index contributed by atoms with van der Waals surface area (Å²) in [6.07, 6.45) is 0. The average Bonchev–Trinajstić information content (AvgIpc) is 1.97. The molecular weight excluding hydrogens is 238 g/mol. The Morgan fingerprint density at radius 2 is 1.69 bits per heavy atom. The lowest BCUT2D eigenvalue weighted by atomic mass is 9.87. The maximum Gasteiger partial charge on any atom is 0.172 e. The normalized spacial score (nSPS) is 11.8. The minimum absolute atomic E-state index is 0.170. The molecule has 0 N–H and O–H groups in total. The first-order chi connectivity index (χ1) is 5.82. The van der Waals surface area contributed by atoms with E-state index >= 15 is 0 Å². The SMILES string of the molecule is CC(C)(C)c1cc(F)c(F)c(Br)c1. The first-order valence-corrected chi connectivity index (χ1v) is 4.76. The molecule has 0 amide bonds. The minimum Gasteiger partial charge on any atom is -0.204 e. The van der Waals surface area contributed by atoms with E-state index in [4.69, 9.17) is 0 Å². The van der Waals surface area contributed by atoms with Crippen LogP contribution in [-0.2, 0) is 5.41 Å². The predicted molar refractivity (Wildman–Crippen MR) is 52.8 cm³/mol. The molecule has 1 aromatic rings. The molecule has 0 saturated carbocycles. The van der Waals surface area contributed by atoms with Crippen molar-refractivity contribution in [3.63, 3.8) is 0 Å². The Hall–Kier alpha value is -0.440. The summed E-state index contributed by atoms with van der Waals surface area (Å²) >= 11 is 2.97. The maximum atomic E-state index is 13.0. The molecule has 0 fully saturated rings. The number of hydrogen-bond donors (Lipinski definition) is 0. The van der Waals surface area contributed by atoms with Crippen LogP contribution in [0.1, 0.15) is 26.3 Å². The third-order valence-corrected chi connectivity index (χ3v) is 2.43. The summed E-state index contributed by atoms with van der Waals surface area (Å²) in [7, 11) is 0. The van der Waals surface area contributed by atoms with Gasteiger partial charge in [0.2, 0.25) is 0 Å². The Morgan fingerprint density at radius 3 is 2.08 bits per heavy atom. The van der Waals surface area contributed by atoms with Gasteiger partial charge in [0.25, 0.3) is 0 Å². The van der Waals surface area contributed by atoms with E-state index in [-0.39, 0.29) is 9.89 Å². The van der Waals surface area contributed by atoms with Crippen LogP contribution < -0.4 is 0 Å². The molecule has 1 aromatic carbocycles. The van der Waals surface area contributed by atoms with Gasteiger partial charge in [-0.15, -0.1) is 0 Å². The third kappa shape index (κ3) is 2.27. The van der Waals surface area contributed by atoms with E-state index < -0.39 is 11.6 Å². The summed E-state index contributed by atoms with van der Waals surface area (Å²) in [6.45, 7) is 5.85. The van der Waals surface area contributed by atoms with Gasteiger partial charge in [-0.2, -0.15) is 0 Å². The topological polar surface area (TPSA) is 0 Å². The molecule has 0 saturated heterocycles. The van der Waals surface area contributed by atoms with Crippen LogP contribution in [-0.4, -0.2) is 0 Å². The molecule has 0 unspecified atom stereocenters. The van der Waals surface area contributed by atoms with E-state index in [9.17, 15) is 8.78 Å². The molecule has 0 aliphatic carbocycles. The van der Waals surface area contributed by atoms with Crippen LogP contribution >= 0.6 is 15.9 Å². The molecule has 0 nitrogen and oxygen atoms in total. The molecule has 0 aliphatic heterocycles. The van der Waals surface area contributed by atoms with Gasteiger partial charge in [0, 0.05) is 0 Å². The zero-order chi connectivity index (χ0) is 10.2. The number of hydrogen-bond acceptors (Lipinski definition) is 0. The molecule has 3 heteroatoms. The molecule has 0 heterocycles. The smallest absolute Gasteiger partial charge is 0.172 e. The summed E-state index contributed by atoms with van der Waals surface area (Å²) in [4.78, 5) is 0. The van der Waals surface area contributed by atoms with Crippen molar-refractivity contribution in [2.45, 2.75) is 26.2 Å². The number of halogens is 3. The van der Waals surface area contributed by atoms with Crippen molar-refractivity contribution in [3.05, 3.63) is 33.8 Å². The van der Waals surface area contributed by atoms with Gasteiger partial charge < -0.3 is 0 Å². The van der Waals surface area contributed by atoms with E-state index in [2.05, 4.69) is 15.9 Å². The molecule has 13 heavy (non-hydrogen) atoms. The van der Waals surface area contributed by atoms with E-state index in [1.165, 1.54) is 6.07 Å². The van der Waals surface area contributed by atoms with Crippen molar-refractivity contribution >= 4 is 15.9 Å². The lowest BCUT2D eigenvalue weighted by molar-refractivity contribution is 0.494. The van der Waals surface area contributed by atoms with Gasteiger partial charge in [0.1, 0.15) is 0 Å². The van der Waals surface area contributed by atoms with Crippen molar-refractivity contribution < 1.29 is 8.78 Å². The van der Waals surface area contributed by atoms with Gasteiger partial charge in [0.05, 0.1) is 4.47 Å². The van der Waals surface area contributed by atoms with Crippen LogP contribution in [0.4, 0.5) is 8.78 Å². The highest BCUT2D eigenvalue weighted by molar-refractivity contribution is 9.10. The molecule has 0 atom stereocenters. The molecule has 1 rings (SSSR count). The maximum absolute atomic E-state index is 13.0. The Kier molecular flexibility index (Phi) is 2.76. The lowest BCUT2D eigenvalue weighted by Crippen LogP contribution is -2.12. The van der Waals surface area contributed by atoms with Crippen molar-refractivity contribution in [2.24, 2.45) is 0 Å². The average molecular weight is 249 g/mol. The summed E-state index contributed by atoms with van der Waals surface area (Å²) in [5, 5.41) is 0. The number of rotatable bonds is 0. The predicted octanol–water partition coefficient (Wildman–Crippen LogP) is 4.02. The first kappa shape index (κ1) is 10.6. The molecule has 0 spiro atoms. The van der Waals surface area contributed by atoms with Crippen molar-refractivity contribution in [3.8, 4) is 0 Å². The molecule has 0 aliphatic rings. The van der Waals surface area contributed by atoms with Gasteiger partial charge in [-0.25, -0.2) is 8.78 Å². The summed E-state index contributed by atoms with van der Waals surface area (Å²) in [5.74, 6) is -1.63. The Morgan fingerprint density at radius 1 is 1.15 bits per heavy atom. The van der Waals surface area contributed by atoms with E-state index in [0.717, 1.165) is 5.56 Å². The number of benzene rings is 1. The Labute approximate surface area is 85.1 Å². The van der Waals surface area contributed by atoms with Crippen LogP contribution in [0.2, 0.25) is 0 Å². The van der Waals surface area contributed by atoms with Crippen molar-refractivity contribution in [1.29, 1.82) is 0 Å². The van der Waals surface area contributed by atoms with Gasteiger partial charge >= 0.3 is 0 Å². The first-order valence-electron chi connectivity index (χ1n) is 3.97. The van der Waals surface area contributed by atoms with E-state index in [0.29, 0.717) is 0 Å². The fourth-order valence-electron chi connectivity index (χ4n) is 0.989. The monoisotopic (exact) mass is 248 g/mol. The second-order valence-electron chi connectivity index (χ2n) is 4.00. The molecular formula is C10H11BrF2. The third-order valence-electron chi connectivity index (χ3n) is 1.85. The van der Waals surface area contributed by atoms with Gasteiger partial charge in [0.15, 0.2) is 11.6 Å². The highest BCUT2D eigenvalue weighted by Gasteiger charge is 2.17. The van der Waals surface area contributed by atoms with Crippen molar-refractivity contribution in [2.75, 3.05) is 0 Å². The van der Waals surface area contributed by atoms with Gasteiger partial charge in [-0.05, 0) is 39.0 Å². The quantitative estimate of drug-likeness (QED) is 0.609.